The first-order valence-electron chi connectivity index (χ1n) is 13.0. The molecule has 0 aliphatic carbocycles. The molecule has 5 heteroatoms. The van der Waals surface area contributed by atoms with Crippen LogP contribution in [-0.4, -0.2) is 13.0 Å². The van der Waals surface area contributed by atoms with Crippen molar-refractivity contribution < 1.29 is 42.5 Å². The zero-order valence-electron chi connectivity index (χ0n) is 21.3. The zero-order valence-corrected chi connectivity index (χ0v) is 24.1. The van der Waals surface area contributed by atoms with Crippen molar-refractivity contribution in [2.75, 3.05) is 0 Å². The number of rotatable bonds is 17. The van der Waals surface area contributed by atoms with E-state index < -0.39 is 10.1 Å². The number of fused-ring (bicyclic) bond motifs is 1. The molecule has 0 amide bonds. The molecule has 0 unspecified atom stereocenters. The molecule has 2 aromatic carbocycles. The van der Waals surface area contributed by atoms with Crippen molar-refractivity contribution in [1.29, 1.82) is 0 Å². The fraction of sp³-hybridized carbons (Fsp3) is 0.643. The van der Waals surface area contributed by atoms with E-state index in [2.05, 4.69) is 26.0 Å². The number of benzene rings is 2. The molecule has 0 fully saturated rings. The van der Waals surface area contributed by atoms with Crippen LogP contribution in [0.1, 0.15) is 115 Å². The summed E-state index contributed by atoms with van der Waals surface area (Å²) in [6.07, 6.45) is 18.6. The molecule has 0 spiro atoms. The number of unbranched alkanes of at least 4 members (excludes halogenated alkanes) is 12. The van der Waals surface area contributed by atoms with Gasteiger partial charge in [0.1, 0.15) is 10.1 Å². The van der Waals surface area contributed by atoms with Crippen molar-refractivity contribution in [3.63, 3.8) is 0 Å². The maximum atomic E-state index is 12.0. The Labute approximate surface area is 225 Å². The van der Waals surface area contributed by atoms with E-state index in [1.165, 1.54) is 70.6 Å². The Balaban J connectivity index is 0.00000544. The third kappa shape index (κ3) is 11.3. The summed E-state index contributed by atoms with van der Waals surface area (Å²) in [6.45, 7) is 4.45. The maximum absolute atomic E-state index is 12.0. The average molecular weight is 483 g/mol. The van der Waals surface area contributed by atoms with E-state index in [-0.39, 0.29) is 34.5 Å². The van der Waals surface area contributed by atoms with Crippen LogP contribution in [0.3, 0.4) is 0 Å². The summed E-state index contributed by atoms with van der Waals surface area (Å²) in [5.41, 5.74) is 1.84. The van der Waals surface area contributed by atoms with E-state index in [1.807, 2.05) is 12.1 Å². The number of hydrogen-bond donors (Lipinski definition) is 0. The van der Waals surface area contributed by atoms with Gasteiger partial charge in [-0.15, -0.1) is 0 Å². The SMILES string of the molecule is CCCCCCCCCc1cc2cccc(CCCCCCCCC)c2cc1S(=O)(=O)[O-].[Na+]. The molecule has 0 bridgehead atoms. The van der Waals surface area contributed by atoms with Crippen LogP contribution in [0, 0.1) is 0 Å². The summed E-state index contributed by atoms with van der Waals surface area (Å²) in [7, 11) is -4.48. The number of aryl methyl sites for hydroxylation is 2. The molecule has 33 heavy (non-hydrogen) atoms. The second kappa shape index (κ2) is 17.1. The second-order valence-corrected chi connectivity index (χ2v) is 10.6. The molecule has 0 saturated heterocycles. The predicted molar refractivity (Wildman–Crippen MR) is 135 cm³/mol. The zero-order chi connectivity index (χ0) is 23.2. The third-order valence-corrected chi connectivity index (χ3v) is 7.44. The van der Waals surface area contributed by atoms with E-state index in [0.717, 1.165) is 42.0 Å². The Morgan fingerprint density at radius 3 is 1.67 bits per heavy atom. The summed E-state index contributed by atoms with van der Waals surface area (Å²) in [5.74, 6) is 0. The van der Waals surface area contributed by atoms with Gasteiger partial charge in [0.15, 0.2) is 0 Å². The summed E-state index contributed by atoms with van der Waals surface area (Å²) < 4.78 is 36.1. The predicted octanol–water partition coefficient (Wildman–Crippen LogP) is 5.33. The van der Waals surface area contributed by atoms with Gasteiger partial charge in [-0.2, -0.15) is 0 Å². The van der Waals surface area contributed by atoms with Gasteiger partial charge in [0.05, 0.1) is 4.90 Å². The van der Waals surface area contributed by atoms with Crippen molar-refractivity contribution in [1.82, 2.24) is 0 Å². The molecule has 180 valence electrons. The summed E-state index contributed by atoms with van der Waals surface area (Å²) >= 11 is 0. The average Bonchev–Trinajstić information content (AvgIpc) is 2.76. The molecule has 0 aliphatic rings. The quantitative estimate of drug-likeness (QED) is 0.174. The van der Waals surface area contributed by atoms with Crippen molar-refractivity contribution >= 4 is 20.9 Å². The molecular formula is C28H43NaO3S. The molecule has 0 radical (unpaired) electrons. The standard InChI is InChI=1S/C28H44O3S.Na/c1-3-5-7-9-11-13-15-18-24-20-17-21-25-22-26(19-16-14-12-10-8-6-4-2)28(23-27(24)25)32(29,30)31;/h17,20-23H,3-16,18-19H2,1-2H3,(H,29,30,31);/q;+1/p-1. The first-order valence-corrected chi connectivity index (χ1v) is 14.4. The summed E-state index contributed by atoms with van der Waals surface area (Å²) in [6, 6.07) is 9.79. The van der Waals surface area contributed by atoms with E-state index in [9.17, 15) is 13.0 Å². The van der Waals surface area contributed by atoms with Gasteiger partial charge in [-0.1, -0.05) is 109 Å². The molecule has 0 heterocycles. The first kappa shape index (κ1) is 30.6. The van der Waals surface area contributed by atoms with Gasteiger partial charge in [-0.25, -0.2) is 8.42 Å². The first-order chi connectivity index (χ1) is 15.5. The Morgan fingerprint density at radius 2 is 1.15 bits per heavy atom. The summed E-state index contributed by atoms with van der Waals surface area (Å²) in [4.78, 5) is -0.0111. The normalized spacial score (nSPS) is 11.6. The van der Waals surface area contributed by atoms with Gasteiger partial charge < -0.3 is 4.55 Å². The Kier molecular flexibility index (Phi) is 15.9. The minimum absolute atomic E-state index is 0. The molecule has 0 aromatic heterocycles. The smallest absolute Gasteiger partial charge is 0.744 e. The molecule has 2 aromatic rings. The Hall–Kier alpha value is -0.390. The van der Waals surface area contributed by atoms with E-state index in [1.54, 1.807) is 6.07 Å². The topological polar surface area (TPSA) is 57.2 Å². The van der Waals surface area contributed by atoms with Gasteiger partial charge in [0.2, 0.25) is 0 Å². The van der Waals surface area contributed by atoms with Gasteiger partial charge in [-0.05, 0) is 59.7 Å². The van der Waals surface area contributed by atoms with E-state index in [4.69, 9.17) is 0 Å². The van der Waals surface area contributed by atoms with Crippen LogP contribution in [0.5, 0.6) is 0 Å². The van der Waals surface area contributed by atoms with Crippen molar-refractivity contribution in [2.24, 2.45) is 0 Å². The summed E-state index contributed by atoms with van der Waals surface area (Å²) in [5, 5.41) is 1.98. The van der Waals surface area contributed by atoms with Gasteiger partial charge in [0, 0.05) is 0 Å². The molecule has 0 atom stereocenters. The van der Waals surface area contributed by atoms with Crippen LogP contribution < -0.4 is 29.6 Å². The molecule has 2 rings (SSSR count). The second-order valence-electron chi connectivity index (χ2n) is 9.29. The molecule has 0 N–H and O–H groups in total. The van der Waals surface area contributed by atoms with E-state index >= 15 is 0 Å². The van der Waals surface area contributed by atoms with Crippen LogP contribution in [-0.2, 0) is 23.0 Å². The Bertz CT molecular complexity index is 909. The van der Waals surface area contributed by atoms with Crippen LogP contribution in [0.2, 0.25) is 0 Å². The minimum atomic E-state index is -4.48. The third-order valence-electron chi connectivity index (χ3n) is 6.52. The van der Waals surface area contributed by atoms with Crippen LogP contribution >= 0.6 is 0 Å². The van der Waals surface area contributed by atoms with Crippen LogP contribution in [0.15, 0.2) is 35.2 Å². The van der Waals surface area contributed by atoms with Crippen molar-refractivity contribution in [3.8, 4) is 0 Å². The molecule has 0 aliphatic heterocycles. The number of hydrogen-bond acceptors (Lipinski definition) is 3. The largest absolute Gasteiger partial charge is 1.00 e. The van der Waals surface area contributed by atoms with Gasteiger partial charge in [0.25, 0.3) is 0 Å². The van der Waals surface area contributed by atoms with Crippen LogP contribution in [0.25, 0.3) is 10.8 Å². The van der Waals surface area contributed by atoms with Crippen molar-refractivity contribution in [3.05, 3.63) is 41.5 Å². The molecular weight excluding hydrogens is 439 g/mol. The molecule has 3 nitrogen and oxygen atoms in total. The fourth-order valence-corrected chi connectivity index (χ4v) is 5.35. The van der Waals surface area contributed by atoms with Crippen molar-refractivity contribution in [2.45, 2.75) is 121 Å². The molecule has 0 saturated carbocycles. The van der Waals surface area contributed by atoms with E-state index in [0.29, 0.717) is 12.0 Å². The fourth-order valence-electron chi connectivity index (χ4n) is 4.61. The Morgan fingerprint density at radius 1 is 0.667 bits per heavy atom. The van der Waals surface area contributed by atoms with Gasteiger partial charge in [-0.3, -0.25) is 0 Å². The van der Waals surface area contributed by atoms with Gasteiger partial charge >= 0.3 is 29.6 Å². The van der Waals surface area contributed by atoms with Crippen LogP contribution in [0.4, 0.5) is 0 Å². The minimum Gasteiger partial charge on any atom is -0.744 e. The maximum Gasteiger partial charge on any atom is 1.00 e. The monoisotopic (exact) mass is 482 g/mol.